The minimum atomic E-state index is -0.733. The third kappa shape index (κ3) is 4.66. The van der Waals surface area contributed by atoms with E-state index in [1.165, 1.54) is 11.3 Å². The van der Waals surface area contributed by atoms with E-state index in [1.807, 2.05) is 38.1 Å². The maximum atomic E-state index is 13.7. The lowest BCUT2D eigenvalue weighted by molar-refractivity contribution is -0.139. The summed E-state index contributed by atoms with van der Waals surface area (Å²) in [6, 6.07) is 10.7. The molecule has 0 spiro atoms. The fourth-order valence-corrected chi connectivity index (χ4v) is 5.13. The molecule has 0 bridgehead atoms. The molecule has 1 N–H and O–H groups in total. The van der Waals surface area contributed by atoms with Crippen LogP contribution in [0.15, 0.2) is 57.5 Å². The average Bonchev–Trinajstić information content (AvgIpc) is 3.17. The van der Waals surface area contributed by atoms with Crippen LogP contribution in [-0.4, -0.2) is 31.4 Å². The van der Waals surface area contributed by atoms with Crippen LogP contribution in [0.1, 0.15) is 36.6 Å². The van der Waals surface area contributed by atoms with E-state index < -0.39 is 12.0 Å². The summed E-state index contributed by atoms with van der Waals surface area (Å²) in [6.07, 6.45) is 1.70. The van der Waals surface area contributed by atoms with Gasteiger partial charge in [0.15, 0.2) is 16.3 Å². The molecule has 0 amide bonds. The summed E-state index contributed by atoms with van der Waals surface area (Å²) in [6.45, 7) is 7.72. The second-order valence-corrected chi connectivity index (χ2v) is 9.39. The topological polar surface area (TPSA) is 91.2 Å². The standard InChI is InChI=1S/C27H29N3O5S/c1-7-35-26(32)23-17(4)29-27-30(24(23)18-10-11-20(33-5)21(13-18)34-6)25(31)22(36-27)14-28-19-12-15(2)8-9-16(19)3/h8-14,24,28H,7H2,1-6H3/b22-14-/t24-/m1/s1. The molecule has 2 heterocycles. The number of aromatic nitrogens is 1. The summed E-state index contributed by atoms with van der Waals surface area (Å²) in [4.78, 5) is 31.8. The van der Waals surface area contributed by atoms with E-state index in [-0.39, 0.29) is 12.2 Å². The van der Waals surface area contributed by atoms with Gasteiger partial charge in [0.2, 0.25) is 0 Å². The van der Waals surface area contributed by atoms with E-state index in [0.29, 0.717) is 37.7 Å². The molecule has 3 aromatic rings. The molecule has 2 aromatic carbocycles. The number of benzene rings is 2. The average molecular weight is 508 g/mol. The number of ether oxygens (including phenoxy) is 3. The van der Waals surface area contributed by atoms with Crippen molar-refractivity contribution in [2.24, 2.45) is 4.99 Å². The van der Waals surface area contributed by atoms with Crippen LogP contribution in [0.2, 0.25) is 0 Å². The number of carbonyl (C=O) groups excluding carboxylic acids is 1. The monoisotopic (exact) mass is 507 g/mol. The Morgan fingerprint density at radius 2 is 1.86 bits per heavy atom. The highest BCUT2D eigenvalue weighted by Crippen LogP contribution is 2.36. The predicted molar refractivity (Wildman–Crippen MR) is 140 cm³/mol. The first-order valence-electron chi connectivity index (χ1n) is 11.5. The highest BCUT2D eigenvalue weighted by atomic mass is 32.1. The number of carbonyl (C=O) groups is 1. The van der Waals surface area contributed by atoms with E-state index in [0.717, 1.165) is 16.8 Å². The summed E-state index contributed by atoms with van der Waals surface area (Å²) >= 11 is 1.26. The number of methoxy groups -OCH3 is 2. The zero-order valence-corrected chi connectivity index (χ0v) is 22.0. The first-order chi connectivity index (χ1) is 17.3. The normalized spacial score (nSPS) is 15.3. The molecule has 0 saturated carbocycles. The third-order valence-electron chi connectivity index (χ3n) is 5.99. The van der Waals surface area contributed by atoms with Crippen molar-refractivity contribution in [1.82, 2.24) is 4.57 Å². The molecule has 1 aliphatic rings. The van der Waals surface area contributed by atoms with E-state index in [4.69, 9.17) is 14.2 Å². The summed E-state index contributed by atoms with van der Waals surface area (Å²) in [5.41, 5.74) is 4.33. The summed E-state index contributed by atoms with van der Waals surface area (Å²) in [5.74, 6) is 0.526. The fraction of sp³-hybridized carbons (Fsp3) is 0.296. The van der Waals surface area contributed by atoms with Gasteiger partial charge >= 0.3 is 5.97 Å². The first-order valence-corrected chi connectivity index (χ1v) is 12.3. The number of aryl methyl sites for hydroxylation is 2. The van der Waals surface area contributed by atoms with Crippen LogP contribution in [-0.2, 0) is 9.53 Å². The number of anilines is 1. The number of allylic oxidation sites excluding steroid dienone is 1. The van der Waals surface area contributed by atoms with Crippen molar-refractivity contribution < 1.29 is 19.0 Å². The molecule has 36 heavy (non-hydrogen) atoms. The zero-order chi connectivity index (χ0) is 26.0. The van der Waals surface area contributed by atoms with Crippen molar-refractivity contribution in [2.75, 3.05) is 26.1 Å². The lowest BCUT2D eigenvalue weighted by atomic mass is 9.95. The van der Waals surface area contributed by atoms with Gasteiger partial charge in [0.1, 0.15) is 4.53 Å². The first kappa shape index (κ1) is 25.2. The van der Waals surface area contributed by atoms with Gasteiger partial charge < -0.3 is 19.5 Å². The highest BCUT2D eigenvalue weighted by Gasteiger charge is 2.33. The summed E-state index contributed by atoms with van der Waals surface area (Å²) in [5, 5.41) is 3.26. The van der Waals surface area contributed by atoms with Gasteiger partial charge in [0, 0.05) is 11.9 Å². The van der Waals surface area contributed by atoms with E-state index in [2.05, 4.69) is 10.3 Å². The van der Waals surface area contributed by atoms with E-state index in [1.54, 1.807) is 51.0 Å². The Bertz CT molecular complexity index is 1530. The number of thiazole rings is 1. The van der Waals surface area contributed by atoms with Crippen molar-refractivity contribution in [3.8, 4) is 11.5 Å². The Morgan fingerprint density at radius 3 is 2.56 bits per heavy atom. The number of nitrogens with one attached hydrogen (secondary N) is 1. The lowest BCUT2D eigenvalue weighted by Gasteiger charge is -2.25. The highest BCUT2D eigenvalue weighted by molar-refractivity contribution is 7.07. The van der Waals surface area contributed by atoms with Gasteiger partial charge in [-0.3, -0.25) is 9.36 Å². The van der Waals surface area contributed by atoms with Gasteiger partial charge in [-0.1, -0.05) is 29.5 Å². The van der Waals surface area contributed by atoms with E-state index >= 15 is 0 Å². The number of esters is 1. The van der Waals surface area contributed by atoms with Crippen molar-refractivity contribution in [3.63, 3.8) is 0 Å². The molecule has 8 nitrogen and oxygen atoms in total. The number of rotatable bonds is 7. The van der Waals surface area contributed by atoms with Crippen molar-refractivity contribution in [3.05, 3.63) is 84.0 Å². The number of hydrogen-bond donors (Lipinski definition) is 1. The van der Waals surface area contributed by atoms with Crippen LogP contribution in [0.5, 0.6) is 11.5 Å². The molecule has 0 saturated heterocycles. The second-order valence-electron chi connectivity index (χ2n) is 8.38. The summed E-state index contributed by atoms with van der Waals surface area (Å²) < 4.78 is 18.2. The minimum Gasteiger partial charge on any atom is -0.493 e. The smallest absolute Gasteiger partial charge is 0.338 e. The Labute approximate surface area is 213 Å². The molecule has 0 unspecified atom stereocenters. The molecule has 1 aromatic heterocycles. The number of nitrogens with zero attached hydrogens (tertiary/aromatic N) is 2. The Hall–Kier alpha value is -3.85. The fourth-order valence-electron chi connectivity index (χ4n) is 4.16. The maximum absolute atomic E-state index is 13.7. The van der Waals surface area contributed by atoms with Gasteiger partial charge in [-0.15, -0.1) is 0 Å². The molecule has 1 aliphatic heterocycles. The van der Waals surface area contributed by atoms with Crippen LogP contribution < -0.4 is 29.7 Å². The minimum absolute atomic E-state index is 0.207. The Kier molecular flexibility index (Phi) is 7.30. The largest absolute Gasteiger partial charge is 0.493 e. The molecule has 0 aliphatic carbocycles. The van der Waals surface area contributed by atoms with Gasteiger partial charge in [0.05, 0.1) is 38.1 Å². The third-order valence-corrected chi connectivity index (χ3v) is 6.98. The van der Waals surface area contributed by atoms with Gasteiger partial charge in [-0.25, -0.2) is 9.79 Å². The maximum Gasteiger partial charge on any atom is 0.338 e. The van der Waals surface area contributed by atoms with E-state index in [9.17, 15) is 9.59 Å². The van der Waals surface area contributed by atoms with Gasteiger partial charge in [-0.05, 0) is 62.6 Å². The summed E-state index contributed by atoms with van der Waals surface area (Å²) in [7, 11) is 3.09. The molecular weight excluding hydrogens is 478 g/mol. The molecule has 9 heteroatoms. The second kappa shape index (κ2) is 10.4. The zero-order valence-electron chi connectivity index (χ0n) is 21.2. The molecule has 0 fully saturated rings. The predicted octanol–water partition coefficient (Wildman–Crippen LogP) is 3.45. The van der Waals surface area contributed by atoms with Crippen molar-refractivity contribution in [2.45, 2.75) is 33.7 Å². The Balaban J connectivity index is 1.90. The lowest BCUT2D eigenvalue weighted by Crippen LogP contribution is -2.40. The van der Waals surface area contributed by atoms with Crippen molar-refractivity contribution in [1.29, 1.82) is 0 Å². The Morgan fingerprint density at radius 1 is 1.11 bits per heavy atom. The van der Waals surface area contributed by atoms with Gasteiger partial charge in [-0.2, -0.15) is 0 Å². The molecule has 0 radical (unpaired) electrons. The SMILES string of the molecule is CCOC(=O)C1=C(C)N=c2s/c(=C\Nc3cc(C)ccc3C)c(=O)n2[C@@H]1c1ccc(OC)c(OC)c1. The van der Waals surface area contributed by atoms with Crippen LogP contribution in [0, 0.1) is 13.8 Å². The number of hydrogen-bond acceptors (Lipinski definition) is 8. The van der Waals surface area contributed by atoms with Crippen LogP contribution in [0.4, 0.5) is 5.69 Å². The van der Waals surface area contributed by atoms with Gasteiger partial charge in [0.25, 0.3) is 5.56 Å². The van der Waals surface area contributed by atoms with Crippen LogP contribution in [0.25, 0.3) is 6.20 Å². The molecular formula is C27H29N3O5S. The number of fused-ring (bicyclic) bond motifs is 1. The quantitative estimate of drug-likeness (QED) is 0.493. The molecule has 1 atom stereocenters. The molecule has 4 rings (SSSR count). The van der Waals surface area contributed by atoms with Crippen LogP contribution >= 0.6 is 11.3 Å². The van der Waals surface area contributed by atoms with Crippen molar-refractivity contribution >= 4 is 29.2 Å². The van der Waals surface area contributed by atoms with Crippen LogP contribution in [0.3, 0.4) is 0 Å². The molecule has 188 valence electrons.